The predicted molar refractivity (Wildman–Crippen MR) is 168 cm³/mol. The Hall–Kier alpha value is -4.39. The quantitative estimate of drug-likeness (QED) is 0.157. The van der Waals surface area contributed by atoms with Crippen molar-refractivity contribution >= 4 is 29.8 Å². The van der Waals surface area contributed by atoms with Gasteiger partial charge in [0.05, 0.1) is 0 Å². The molecular weight excluding hydrogens is 480 g/mol. The van der Waals surface area contributed by atoms with Crippen LogP contribution < -0.4 is 0 Å². The van der Waals surface area contributed by atoms with Crippen molar-refractivity contribution in [2.24, 2.45) is 0 Å². The molecule has 0 aromatic heterocycles. The van der Waals surface area contributed by atoms with Gasteiger partial charge in [-0.25, -0.2) is 0 Å². The fourth-order valence-corrected chi connectivity index (χ4v) is 4.24. The van der Waals surface area contributed by atoms with Crippen LogP contribution in [0.15, 0.2) is 165 Å². The van der Waals surface area contributed by atoms with Crippen LogP contribution in [0.4, 0.5) is 0 Å². The zero-order valence-electron chi connectivity index (χ0n) is 21.6. The molecule has 0 bridgehead atoms. The van der Waals surface area contributed by atoms with Crippen LogP contribution >= 0.6 is 11.6 Å². The maximum Gasteiger partial charge on any atom is 0.119 e. The first-order chi connectivity index (χ1) is 18.6. The molecule has 1 heteroatoms. The third-order valence-electron chi connectivity index (χ3n) is 5.96. The molecule has 0 nitrogen and oxygen atoms in total. The number of hydrogen-bond acceptors (Lipinski definition) is 0. The molecular formula is C37H33Cl. The monoisotopic (exact) mass is 512 g/mol. The van der Waals surface area contributed by atoms with Crippen LogP contribution in [0.2, 0.25) is 0 Å². The van der Waals surface area contributed by atoms with Crippen molar-refractivity contribution in [2.45, 2.75) is 4.87 Å². The minimum Gasteiger partial charge on any atom is -0.104 e. The lowest BCUT2D eigenvalue weighted by molar-refractivity contribution is 0.879. The molecule has 0 amide bonds. The second kappa shape index (κ2) is 15.0. The third-order valence-corrected chi connectivity index (χ3v) is 6.61. The first-order valence-electron chi connectivity index (χ1n) is 12.5. The summed E-state index contributed by atoms with van der Waals surface area (Å²) in [5.41, 5.74) is 6.71. The average molecular weight is 513 g/mol. The summed E-state index contributed by atoms with van der Waals surface area (Å²) in [7, 11) is 0. The van der Waals surface area contributed by atoms with E-state index in [-0.39, 0.29) is 0 Å². The molecule has 0 aliphatic heterocycles. The molecule has 188 valence electrons. The standard InChI is InChI=1S/C19H15Cl.C10H10.C8H8/c20-19(16-10-4-1-5-11-16,17-12-6-2-7-13-17)18-14-8-3-9-15-18;1-3-9-5-7-10(4-2)8-6-9;1-2-8-6-4-3-5-7-8/h1-15H;3-8H,1-2H2;2-7H,1H2. The topological polar surface area (TPSA) is 0 Å². The van der Waals surface area contributed by atoms with E-state index in [1.54, 1.807) is 0 Å². The Morgan fingerprint density at radius 3 is 0.842 bits per heavy atom. The summed E-state index contributed by atoms with van der Waals surface area (Å²) in [6.45, 7) is 11.0. The van der Waals surface area contributed by atoms with Crippen LogP contribution in [0.1, 0.15) is 33.4 Å². The van der Waals surface area contributed by atoms with Crippen molar-refractivity contribution in [1.82, 2.24) is 0 Å². The highest BCUT2D eigenvalue weighted by Crippen LogP contribution is 2.42. The first kappa shape index (κ1) is 28.2. The van der Waals surface area contributed by atoms with E-state index in [0.717, 1.165) is 27.8 Å². The lowest BCUT2D eigenvalue weighted by Crippen LogP contribution is -2.22. The van der Waals surface area contributed by atoms with E-state index < -0.39 is 4.87 Å². The number of benzene rings is 5. The van der Waals surface area contributed by atoms with Gasteiger partial charge in [0.1, 0.15) is 4.87 Å². The van der Waals surface area contributed by atoms with E-state index in [1.807, 2.05) is 127 Å². The Morgan fingerprint density at radius 2 is 0.605 bits per heavy atom. The molecule has 0 fully saturated rings. The summed E-state index contributed by atoms with van der Waals surface area (Å²) in [5, 5.41) is 0. The molecule has 0 aliphatic rings. The molecule has 0 heterocycles. The van der Waals surface area contributed by atoms with Gasteiger partial charge in [-0.2, -0.15) is 0 Å². The van der Waals surface area contributed by atoms with Crippen LogP contribution in [-0.2, 0) is 4.87 Å². The number of hydrogen-bond donors (Lipinski definition) is 0. The Labute approximate surface area is 232 Å². The molecule has 5 aromatic carbocycles. The lowest BCUT2D eigenvalue weighted by Gasteiger charge is -2.29. The largest absolute Gasteiger partial charge is 0.119 e. The molecule has 0 saturated heterocycles. The predicted octanol–water partition coefficient (Wildman–Crippen LogP) is 10.5. The fourth-order valence-electron chi connectivity index (χ4n) is 3.86. The van der Waals surface area contributed by atoms with Gasteiger partial charge < -0.3 is 0 Å². The molecule has 0 unspecified atom stereocenters. The van der Waals surface area contributed by atoms with Crippen LogP contribution in [0.3, 0.4) is 0 Å². The Morgan fingerprint density at radius 1 is 0.368 bits per heavy atom. The van der Waals surface area contributed by atoms with E-state index in [1.165, 1.54) is 5.56 Å². The van der Waals surface area contributed by atoms with E-state index in [2.05, 4.69) is 56.1 Å². The second-order valence-electron chi connectivity index (χ2n) is 8.45. The molecule has 38 heavy (non-hydrogen) atoms. The zero-order chi connectivity index (χ0) is 27.1. The van der Waals surface area contributed by atoms with Gasteiger partial charge in [-0.15, -0.1) is 11.6 Å². The van der Waals surface area contributed by atoms with Gasteiger partial charge in [-0.3, -0.25) is 0 Å². The minimum absolute atomic E-state index is 0.649. The van der Waals surface area contributed by atoms with E-state index >= 15 is 0 Å². The van der Waals surface area contributed by atoms with Gasteiger partial charge in [-0.1, -0.05) is 184 Å². The Kier molecular flexibility index (Phi) is 11.1. The van der Waals surface area contributed by atoms with Gasteiger partial charge in [0, 0.05) is 0 Å². The summed E-state index contributed by atoms with van der Waals surface area (Å²) in [6.07, 6.45) is 5.49. The van der Waals surface area contributed by atoms with E-state index in [9.17, 15) is 0 Å². The lowest BCUT2D eigenvalue weighted by atomic mass is 9.84. The smallest absolute Gasteiger partial charge is 0.104 e. The number of rotatable bonds is 6. The maximum atomic E-state index is 7.12. The van der Waals surface area contributed by atoms with Gasteiger partial charge in [0.25, 0.3) is 0 Å². The highest BCUT2D eigenvalue weighted by Gasteiger charge is 2.33. The molecule has 0 saturated carbocycles. The molecule has 0 radical (unpaired) electrons. The minimum atomic E-state index is -0.649. The Bertz CT molecular complexity index is 1250. The van der Waals surface area contributed by atoms with Crippen LogP contribution in [-0.4, -0.2) is 0 Å². The highest BCUT2D eigenvalue weighted by molar-refractivity contribution is 6.28. The maximum absolute atomic E-state index is 7.12. The van der Waals surface area contributed by atoms with E-state index in [0.29, 0.717) is 0 Å². The number of alkyl halides is 1. The molecule has 0 aliphatic carbocycles. The second-order valence-corrected chi connectivity index (χ2v) is 9.01. The van der Waals surface area contributed by atoms with Crippen LogP contribution in [0, 0.1) is 0 Å². The SMILES string of the molecule is C=Cc1ccc(C=C)cc1.C=Cc1ccccc1.ClC(c1ccccc1)(c1ccccc1)c1ccccc1. The van der Waals surface area contributed by atoms with Crippen molar-refractivity contribution in [3.8, 4) is 0 Å². The van der Waals surface area contributed by atoms with Crippen molar-refractivity contribution in [3.05, 3.63) is 199 Å². The number of halogens is 1. The molecule has 0 spiro atoms. The fraction of sp³-hybridized carbons (Fsp3) is 0.0270. The van der Waals surface area contributed by atoms with Gasteiger partial charge in [0.2, 0.25) is 0 Å². The van der Waals surface area contributed by atoms with E-state index in [4.69, 9.17) is 11.6 Å². The first-order valence-corrected chi connectivity index (χ1v) is 12.9. The summed E-state index contributed by atoms with van der Waals surface area (Å²) in [4.78, 5) is -0.649. The third kappa shape index (κ3) is 7.80. The van der Waals surface area contributed by atoms with Crippen molar-refractivity contribution < 1.29 is 0 Å². The average Bonchev–Trinajstić information content (AvgIpc) is 3.03. The molecule has 0 N–H and O–H groups in total. The van der Waals surface area contributed by atoms with Crippen LogP contribution in [0.25, 0.3) is 18.2 Å². The van der Waals surface area contributed by atoms with Crippen LogP contribution in [0.5, 0.6) is 0 Å². The Balaban J connectivity index is 0.000000185. The highest BCUT2D eigenvalue weighted by atomic mass is 35.5. The van der Waals surface area contributed by atoms with Gasteiger partial charge >= 0.3 is 0 Å². The molecule has 5 aromatic rings. The normalized spacial score (nSPS) is 10.0. The van der Waals surface area contributed by atoms with Crippen molar-refractivity contribution in [2.75, 3.05) is 0 Å². The molecule has 0 atom stereocenters. The summed E-state index contributed by atoms with van der Waals surface area (Å²) in [5.74, 6) is 0. The summed E-state index contributed by atoms with van der Waals surface area (Å²) >= 11 is 7.12. The van der Waals surface area contributed by atoms with Gasteiger partial charge in [-0.05, 0) is 33.4 Å². The van der Waals surface area contributed by atoms with Crippen molar-refractivity contribution in [1.29, 1.82) is 0 Å². The molecule has 5 rings (SSSR count). The van der Waals surface area contributed by atoms with Crippen molar-refractivity contribution in [3.63, 3.8) is 0 Å². The van der Waals surface area contributed by atoms with Gasteiger partial charge in [0.15, 0.2) is 0 Å². The summed E-state index contributed by atoms with van der Waals surface area (Å²) in [6, 6.07) is 48.7. The summed E-state index contributed by atoms with van der Waals surface area (Å²) < 4.78 is 0. The zero-order valence-corrected chi connectivity index (χ0v) is 22.3.